The molecule has 4 aromatic rings. The average Bonchev–Trinajstić information content (AvgIpc) is 3.25. The molecule has 0 unspecified atom stereocenters. The summed E-state index contributed by atoms with van der Waals surface area (Å²) in [6, 6.07) is 27.7. The van der Waals surface area contributed by atoms with Crippen LogP contribution < -0.4 is 13.8 Å². The Labute approximate surface area is 254 Å². The topological polar surface area (TPSA) is 85.3 Å². The minimum Gasteiger partial charge on any atom is -0.493 e. The van der Waals surface area contributed by atoms with Gasteiger partial charge in [-0.05, 0) is 107 Å². The molecule has 0 saturated carbocycles. The predicted octanol–water partition coefficient (Wildman–Crippen LogP) is 7.53. The first-order valence-electron chi connectivity index (χ1n) is 11.8. The van der Waals surface area contributed by atoms with E-state index in [0.29, 0.717) is 29.9 Å². The van der Waals surface area contributed by atoms with Crippen LogP contribution >= 0.6 is 46.0 Å². The molecule has 1 amide bonds. The number of carbonyl (C=O) groups is 1. The standard InChI is InChI=1S/C29H20ClIN2O5S2/c1-37-25-17-19(16-24(31)27(25)38-40(35,36)23-14-12-20(30)13-15-23)18-26-28(34)33(22-10-6-3-7-11-22)29(39-26)32-21-8-4-2-5-9-21/h2-18H,1H3/b26-18+,32-29?. The van der Waals surface area contributed by atoms with Gasteiger partial charge >= 0.3 is 10.1 Å². The van der Waals surface area contributed by atoms with Crippen molar-refractivity contribution < 1.29 is 22.1 Å². The summed E-state index contributed by atoms with van der Waals surface area (Å²) in [5.74, 6) is 0.0122. The number of ether oxygens (including phenoxy) is 1. The van der Waals surface area contributed by atoms with Crippen molar-refractivity contribution in [1.29, 1.82) is 0 Å². The van der Waals surface area contributed by atoms with Gasteiger partial charge in [0.05, 0.1) is 27.0 Å². The van der Waals surface area contributed by atoms with Crippen molar-refractivity contribution in [2.45, 2.75) is 4.90 Å². The summed E-state index contributed by atoms with van der Waals surface area (Å²) in [6.45, 7) is 0. The van der Waals surface area contributed by atoms with Crippen LogP contribution in [0.3, 0.4) is 0 Å². The van der Waals surface area contributed by atoms with E-state index in [1.165, 1.54) is 43.1 Å². The number of hydrogen-bond donors (Lipinski definition) is 0. The Morgan fingerprint density at radius 2 is 1.60 bits per heavy atom. The highest BCUT2D eigenvalue weighted by atomic mass is 127. The first kappa shape index (κ1) is 28.2. The Hall–Kier alpha value is -3.32. The van der Waals surface area contributed by atoms with Crippen LogP contribution in [0, 0.1) is 3.57 Å². The second-order valence-corrected chi connectivity index (χ2v) is 12.5. The molecule has 1 fully saturated rings. The van der Waals surface area contributed by atoms with Gasteiger partial charge in [-0.3, -0.25) is 9.69 Å². The second kappa shape index (κ2) is 12.0. The van der Waals surface area contributed by atoms with Crippen LogP contribution in [0.25, 0.3) is 6.08 Å². The Balaban J connectivity index is 1.50. The summed E-state index contributed by atoms with van der Waals surface area (Å²) in [4.78, 5) is 20.3. The van der Waals surface area contributed by atoms with Gasteiger partial charge in [0.1, 0.15) is 4.90 Å². The lowest BCUT2D eigenvalue weighted by molar-refractivity contribution is -0.113. The van der Waals surface area contributed by atoms with E-state index in [4.69, 9.17) is 25.5 Å². The highest BCUT2D eigenvalue weighted by Crippen LogP contribution is 2.40. The number of nitrogens with zero attached hydrogens (tertiary/aromatic N) is 2. The van der Waals surface area contributed by atoms with E-state index in [9.17, 15) is 13.2 Å². The van der Waals surface area contributed by atoms with Crippen LogP contribution in [0.2, 0.25) is 5.02 Å². The van der Waals surface area contributed by atoms with E-state index < -0.39 is 10.1 Å². The molecule has 1 aliphatic rings. The lowest BCUT2D eigenvalue weighted by Crippen LogP contribution is -2.28. The molecule has 0 radical (unpaired) electrons. The number of amidine groups is 1. The minimum absolute atomic E-state index is 0.0415. The van der Waals surface area contributed by atoms with Gasteiger partial charge in [-0.1, -0.05) is 48.0 Å². The zero-order chi connectivity index (χ0) is 28.3. The summed E-state index contributed by atoms with van der Waals surface area (Å²) in [7, 11) is -2.73. The van der Waals surface area contributed by atoms with Crippen LogP contribution in [-0.2, 0) is 14.9 Å². The monoisotopic (exact) mass is 702 g/mol. The molecule has 5 rings (SSSR count). The smallest absolute Gasteiger partial charge is 0.339 e. The molecule has 40 heavy (non-hydrogen) atoms. The molecule has 0 N–H and O–H groups in total. The van der Waals surface area contributed by atoms with Gasteiger partial charge in [-0.2, -0.15) is 8.42 Å². The van der Waals surface area contributed by atoms with Gasteiger partial charge in [0, 0.05) is 5.02 Å². The molecule has 202 valence electrons. The number of hydrogen-bond acceptors (Lipinski definition) is 7. The average molecular weight is 703 g/mol. The van der Waals surface area contributed by atoms with Crippen molar-refractivity contribution >= 4 is 84.6 Å². The first-order chi connectivity index (χ1) is 19.2. The maximum atomic E-state index is 13.6. The van der Waals surface area contributed by atoms with E-state index in [0.717, 1.165) is 5.69 Å². The molecule has 0 atom stereocenters. The number of carbonyl (C=O) groups excluding carboxylic acids is 1. The number of benzene rings is 4. The van der Waals surface area contributed by atoms with Gasteiger partial charge in [-0.25, -0.2) is 4.99 Å². The van der Waals surface area contributed by atoms with Crippen LogP contribution in [0.4, 0.5) is 11.4 Å². The van der Waals surface area contributed by atoms with E-state index in [2.05, 4.69) is 0 Å². The maximum absolute atomic E-state index is 13.6. The van der Waals surface area contributed by atoms with Crippen molar-refractivity contribution in [2.75, 3.05) is 12.0 Å². The molecule has 1 heterocycles. The Morgan fingerprint density at radius 1 is 0.950 bits per heavy atom. The molecule has 0 aliphatic carbocycles. The van der Waals surface area contributed by atoms with E-state index >= 15 is 0 Å². The van der Waals surface area contributed by atoms with Crippen molar-refractivity contribution in [3.63, 3.8) is 0 Å². The molecule has 0 bridgehead atoms. The largest absolute Gasteiger partial charge is 0.493 e. The van der Waals surface area contributed by atoms with Crippen LogP contribution in [0.15, 0.2) is 112 Å². The Kier molecular flexibility index (Phi) is 8.50. The number of anilines is 1. The van der Waals surface area contributed by atoms with E-state index in [1.54, 1.807) is 23.1 Å². The summed E-state index contributed by atoms with van der Waals surface area (Å²) in [5.41, 5.74) is 2.04. The quantitative estimate of drug-likeness (QED) is 0.113. The summed E-state index contributed by atoms with van der Waals surface area (Å²) < 4.78 is 37.2. The minimum atomic E-state index is -4.14. The zero-order valence-electron chi connectivity index (χ0n) is 20.8. The van der Waals surface area contributed by atoms with Gasteiger partial charge in [0.25, 0.3) is 5.91 Å². The fourth-order valence-corrected chi connectivity index (χ4v) is 6.75. The SMILES string of the molecule is COc1cc(/C=C2/SC(=Nc3ccccc3)N(c3ccccc3)C2=O)cc(I)c1OS(=O)(=O)c1ccc(Cl)cc1. The van der Waals surface area contributed by atoms with Crippen molar-refractivity contribution in [3.8, 4) is 11.5 Å². The number of para-hydroxylation sites is 2. The molecule has 0 spiro atoms. The molecule has 4 aromatic carbocycles. The fraction of sp³-hybridized carbons (Fsp3) is 0.0345. The molecule has 1 saturated heterocycles. The van der Waals surface area contributed by atoms with E-state index in [1.807, 2.05) is 83.3 Å². The molecular weight excluding hydrogens is 683 g/mol. The molecule has 11 heteroatoms. The van der Waals surface area contributed by atoms with Crippen molar-refractivity contribution in [3.05, 3.63) is 116 Å². The molecule has 7 nitrogen and oxygen atoms in total. The van der Waals surface area contributed by atoms with Crippen molar-refractivity contribution in [1.82, 2.24) is 0 Å². The summed E-state index contributed by atoms with van der Waals surface area (Å²) in [5, 5.41) is 0.926. The Morgan fingerprint density at radius 3 is 2.25 bits per heavy atom. The first-order valence-corrected chi connectivity index (χ1v) is 15.4. The van der Waals surface area contributed by atoms with Gasteiger partial charge < -0.3 is 8.92 Å². The number of methoxy groups -OCH3 is 1. The third-order valence-electron chi connectivity index (χ3n) is 5.65. The van der Waals surface area contributed by atoms with Crippen LogP contribution in [0.5, 0.6) is 11.5 Å². The second-order valence-electron chi connectivity index (χ2n) is 8.34. The fourth-order valence-electron chi connectivity index (χ4n) is 3.78. The van der Waals surface area contributed by atoms with Gasteiger partial charge in [-0.15, -0.1) is 0 Å². The number of aliphatic imine (C=N–C) groups is 1. The third-order valence-corrected chi connectivity index (χ3v) is 8.90. The molecule has 1 aliphatic heterocycles. The molecular formula is C29H20ClIN2O5S2. The number of halogens is 2. The summed E-state index contributed by atoms with van der Waals surface area (Å²) in [6.07, 6.45) is 1.72. The number of amides is 1. The predicted molar refractivity (Wildman–Crippen MR) is 168 cm³/mol. The number of thioether (sulfide) groups is 1. The lowest BCUT2D eigenvalue weighted by Gasteiger charge is -2.15. The van der Waals surface area contributed by atoms with Crippen molar-refractivity contribution in [2.24, 2.45) is 4.99 Å². The lowest BCUT2D eigenvalue weighted by atomic mass is 10.2. The van der Waals surface area contributed by atoms with Gasteiger partial charge in [0.15, 0.2) is 16.7 Å². The van der Waals surface area contributed by atoms with Crippen LogP contribution in [0.1, 0.15) is 5.56 Å². The molecule has 0 aromatic heterocycles. The third kappa shape index (κ3) is 6.20. The number of rotatable bonds is 7. The van der Waals surface area contributed by atoms with E-state index in [-0.39, 0.29) is 22.3 Å². The zero-order valence-corrected chi connectivity index (χ0v) is 25.4. The normalized spacial score (nSPS) is 15.6. The highest BCUT2D eigenvalue weighted by Gasteiger charge is 2.35. The van der Waals surface area contributed by atoms with Gasteiger partial charge in [0.2, 0.25) is 0 Å². The highest BCUT2D eigenvalue weighted by molar-refractivity contribution is 14.1. The maximum Gasteiger partial charge on any atom is 0.339 e. The summed E-state index contributed by atoms with van der Waals surface area (Å²) >= 11 is 9.12. The van der Waals surface area contributed by atoms with Crippen LogP contribution in [-0.4, -0.2) is 26.6 Å². The Bertz CT molecular complexity index is 1730.